The average molecular weight is 380 g/mol. The Morgan fingerprint density at radius 2 is 1.89 bits per heavy atom. The average Bonchev–Trinajstić information content (AvgIpc) is 3.35. The molecule has 2 aromatic carbocycles. The fraction of sp³-hybridized carbons (Fsp3) is 0.250. The molecule has 1 aliphatic rings. The van der Waals surface area contributed by atoms with Gasteiger partial charge in [-0.1, -0.05) is 12.1 Å². The standard InChI is InChI=1S/C20H21FN6O/c21-16-9-18(11-19(10-16)26-6-1-2-7-26)25-20(28)24-17-5-3-4-15(8-17)12-27-14-22-13-23-27/h3-5,8-11,13-14H,1-2,6-7,12H2,(H2,24,25,28). The molecule has 1 fully saturated rings. The molecule has 144 valence electrons. The summed E-state index contributed by atoms with van der Waals surface area (Å²) >= 11 is 0. The van der Waals surface area contributed by atoms with Crippen LogP contribution in [0, 0.1) is 5.82 Å². The summed E-state index contributed by atoms with van der Waals surface area (Å²) in [6, 6.07) is 11.7. The van der Waals surface area contributed by atoms with Crippen LogP contribution >= 0.6 is 0 Å². The van der Waals surface area contributed by atoms with Crippen LogP contribution in [0.5, 0.6) is 0 Å². The van der Waals surface area contributed by atoms with Crippen molar-refractivity contribution in [3.8, 4) is 0 Å². The molecule has 2 heterocycles. The SMILES string of the molecule is O=C(Nc1cccc(Cn2cncn2)c1)Nc1cc(F)cc(N2CCCC2)c1. The number of halogens is 1. The van der Waals surface area contributed by atoms with E-state index in [1.807, 2.05) is 18.2 Å². The Kier molecular flexibility index (Phi) is 5.18. The highest BCUT2D eigenvalue weighted by atomic mass is 19.1. The van der Waals surface area contributed by atoms with Gasteiger partial charge in [-0.25, -0.2) is 18.9 Å². The fourth-order valence-electron chi connectivity index (χ4n) is 3.35. The number of amides is 2. The van der Waals surface area contributed by atoms with E-state index in [0.717, 1.165) is 37.2 Å². The van der Waals surface area contributed by atoms with E-state index in [4.69, 9.17) is 0 Å². The molecule has 7 nitrogen and oxygen atoms in total. The number of hydrogen-bond acceptors (Lipinski definition) is 4. The predicted molar refractivity (Wildman–Crippen MR) is 106 cm³/mol. The van der Waals surface area contributed by atoms with Crippen LogP contribution in [0.2, 0.25) is 0 Å². The molecule has 0 atom stereocenters. The first-order valence-corrected chi connectivity index (χ1v) is 9.21. The normalized spacial score (nSPS) is 13.5. The van der Waals surface area contributed by atoms with Gasteiger partial charge in [-0.15, -0.1) is 0 Å². The molecule has 28 heavy (non-hydrogen) atoms. The van der Waals surface area contributed by atoms with Crippen molar-refractivity contribution < 1.29 is 9.18 Å². The van der Waals surface area contributed by atoms with Crippen LogP contribution in [0.1, 0.15) is 18.4 Å². The van der Waals surface area contributed by atoms with Crippen LogP contribution in [0.25, 0.3) is 0 Å². The minimum absolute atomic E-state index is 0.366. The lowest BCUT2D eigenvalue weighted by Crippen LogP contribution is -2.21. The summed E-state index contributed by atoms with van der Waals surface area (Å²) in [5.74, 6) is -0.366. The molecule has 0 aliphatic carbocycles. The van der Waals surface area contributed by atoms with E-state index in [0.29, 0.717) is 17.9 Å². The molecular weight excluding hydrogens is 359 g/mol. The molecule has 0 unspecified atom stereocenters. The van der Waals surface area contributed by atoms with E-state index < -0.39 is 6.03 Å². The van der Waals surface area contributed by atoms with Gasteiger partial charge in [0.15, 0.2) is 0 Å². The molecule has 0 radical (unpaired) electrons. The lowest BCUT2D eigenvalue weighted by atomic mass is 10.2. The third kappa shape index (κ3) is 4.46. The molecule has 0 bridgehead atoms. The summed E-state index contributed by atoms with van der Waals surface area (Å²) in [5.41, 5.74) is 2.84. The molecule has 2 amide bonds. The third-order valence-corrected chi connectivity index (χ3v) is 4.61. The minimum atomic E-state index is -0.420. The largest absolute Gasteiger partial charge is 0.371 e. The van der Waals surface area contributed by atoms with E-state index in [1.54, 1.807) is 23.1 Å². The van der Waals surface area contributed by atoms with E-state index >= 15 is 0 Å². The molecule has 1 aliphatic heterocycles. The summed E-state index contributed by atoms with van der Waals surface area (Å²) in [4.78, 5) is 18.4. The van der Waals surface area contributed by atoms with Gasteiger partial charge in [0.05, 0.1) is 6.54 Å². The second kappa shape index (κ2) is 8.08. The molecule has 3 aromatic rings. The lowest BCUT2D eigenvalue weighted by Gasteiger charge is -2.19. The number of hydrogen-bond donors (Lipinski definition) is 2. The summed E-state index contributed by atoms with van der Waals surface area (Å²) in [7, 11) is 0. The minimum Gasteiger partial charge on any atom is -0.371 e. The monoisotopic (exact) mass is 380 g/mol. The number of carbonyl (C=O) groups excluding carboxylic acids is 1. The van der Waals surface area contributed by atoms with Crippen molar-refractivity contribution >= 4 is 23.1 Å². The molecule has 8 heteroatoms. The third-order valence-electron chi connectivity index (χ3n) is 4.61. The highest BCUT2D eigenvalue weighted by Gasteiger charge is 2.14. The zero-order chi connectivity index (χ0) is 19.3. The molecule has 1 saturated heterocycles. The van der Waals surface area contributed by atoms with Gasteiger partial charge >= 0.3 is 6.03 Å². The number of carbonyl (C=O) groups is 1. The van der Waals surface area contributed by atoms with Gasteiger partial charge in [0.2, 0.25) is 0 Å². The van der Waals surface area contributed by atoms with Crippen molar-refractivity contribution in [3.05, 3.63) is 66.5 Å². The zero-order valence-corrected chi connectivity index (χ0v) is 15.3. The Hall–Kier alpha value is -3.42. The van der Waals surface area contributed by atoms with Gasteiger partial charge in [-0.2, -0.15) is 5.10 Å². The Morgan fingerprint density at radius 3 is 2.68 bits per heavy atom. The van der Waals surface area contributed by atoms with Gasteiger partial charge in [-0.3, -0.25) is 0 Å². The number of urea groups is 1. The Balaban J connectivity index is 1.42. The molecule has 0 saturated carbocycles. The van der Waals surface area contributed by atoms with Crippen LogP contribution in [-0.2, 0) is 6.54 Å². The second-order valence-corrected chi connectivity index (χ2v) is 6.76. The maximum Gasteiger partial charge on any atom is 0.323 e. The number of anilines is 3. The quantitative estimate of drug-likeness (QED) is 0.708. The summed E-state index contributed by atoms with van der Waals surface area (Å²) in [6.07, 6.45) is 5.31. The summed E-state index contributed by atoms with van der Waals surface area (Å²) in [6.45, 7) is 2.38. The lowest BCUT2D eigenvalue weighted by molar-refractivity contribution is 0.262. The second-order valence-electron chi connectivity index (χ2n) is 6.76. The van der Waals surface area contributed by atoms with Gasteiger partial charge in [0.25, 0.3) is 0 Å². The van der Waals surface area contributed by atoms with E-state index in [-0.39, 0.29) is 5.82 Å². The fourth-order valence-corrected chi connectivity index (χ4v) is 3.35. The van der Waals surface area contributed by atoms with E-state index in [1.165, 1.54) is 18.5 Å². The van der Waals surface area contributed by atoms with Crippen LogP contribution in [0.15, 0.2) is 55.1 Å². The van der Waals surface area contributed by atoms with E-state index in [2.05, 4.69) is 25.6 Å². The van der Waals surface area contributed by atoms with Gasteiger partial charge in [0.1, 0.15) is 18.5 Å². The summed E-state index contributed by atoms with van der Waals surface area (Å²) in [5, 5.41) is 9.58. The number of nitrogens with zero attached hydrogens (tertiary/aromatic N) is 4. The first-order valence-electron chi connectivity index (χ1n) is 9.21. The van der Waals surface area contributed by atoms with Crippen molar-refractivity contribution in [1.82, 2.24) is 14.8 Å². The number of benzene rings is 2. The number of nitrogens with one attached hydrogen (secondary N) is 2. The van der Waals surface area contributed by atoms with Gasteiger partial charge in [-0.05, 0) is 48.7 Å². The van der Waals surface area contributed by atoms with Crippen molar-refractivity contribution in [2.24, 2.45) is 0 Å². The number of aromatic nitrogens is 3. The molecule has 4 rings (SSSR count). The Morgan fingerprint density at radius 1 is 1.07 bits per heavy atom. The molecule has 0 spiro atoms. The molecule has 1 aromatic heterocycles. The Labute approximate surface area is 162 Å². The van der Waals surface area contributed by atoms with Crippen molar-refractivity contribution in [1.29, 1.82) is 0 Å². The molecular formula is C20H21FN6O. The first kappa shape index (κ1) is 18.0. The van der Waals surface area contributed by atoms with Crippen LogP contribution in [0.3, 0.4) is 0 Å². The maximum atomic E-state index is 14.0. The van der Waals surface area contributed by atoms with E-state index in [9.17, 15) is 9.18 Å². The highest BCUT2D eigenvalue weighted by Crippen LogP contribution is 2.25. The van der Waals surface area contributed by atoms with Crippen molar-refractivity contribution in [2.45, 2.75) is 19.4 Å². The van der Waals surface area contributed by atoms with Crippen LogP contribution in [0.4, 0.5) is 26.2 Å². The zero-order valence-electron chi connectivity index (χ0n) is 15.3. The highest BCUT2D eigenvalue weighted by molar-refractivity contribution is 6.00. The summed E-state index contributed by atoms with van der Waals surface area (Å²) < 4.78 is 15.7. The topological polar surface area (TPSA) is 75.1 Å². The van der Waals surface area contributed by atoms with Gasteiger partial charge in [0, 0.05) is 30.2 Å². The number of rotatable bonds is 5. The van der Waals surface area contributed by atoms with Crippen molar-refractivity contribution in [2.75, 3.05) is 28.6 Å². The predicted octanol–water partition coefficient (Wildman–Crippen LogP) is 3.71. The van der Waals surface area contributed by atoms with Crippen molar-refractivity contribution in [3.63, 3.8) is 0 Å². The van der Waals surface area contributed by atoms with Crippen LogP contribution < -0.4 is 15.5 Å². The Bertz CT molecular complexity index is 953. The first-order chi connectivity index (χ1) is 13.7. The van der Waals surface area contributed by atoms with Gasteiger partial charge < -0.3 is 15.5 Å². The maximum absolute atomic E-state index is 14.0. The molecule has 2 N–H and O–H groups in total. The smallest absolute Gasteiger partial charge is 0.323 e. The van der Waals surface area contributed by atoms with Crippen LogP contribution in [-0.4, -0.2) is 33.9 Å².